The summed E-state index contributed by atoms with van der Waals surface area (Å²) in [5, 5.41) is 20.8. The first-order valence-electron chi connectivity index (χ1n) is 5.99. The Bertz CT molecular complexity index is 483. The zero-order chi connectivity index (χ0) is 15.2. The molecule has 0 saturated heterocycles. The van der Waals surface area contributed by atoms with Crippen molar-refractivity contribution in [2.45, 2.75) is 19.2 Å². The maximum absolute atomic E-state index is 12.7. The van der Waals surface area contributed by atoms with Gasteiger partial charge in [-0.05, 0) is 25.1 Å². The molecular formula is C13H15F3N2O2. The van der Waals surface area contributed by atoms with Crippen molar-refractivity contribution < 1.29 is 23.0 Å². The molecule has 2 N–H and O–H groups in total. The van der Waals surface area contributed by atoms with Crippen molar-refractivity contribution in [3.8, 4) is 6.07 Å². The van der Waals surface area contributed by atoms with Gasteiger partial charge in [-0.25, -0.2) is 0 Å². The molecule has 0 heterocycles. The van der Waals surface area contributed by atoms with Crippen molar-refractivity contribution in [2.24, 2.45) is 0 Å². The fourth-order valence-electron chi connectivity index (χ4n) is 1.53. The van der Waals surface area contributed by atoms with Crippen LogP contribution >= 0.6 is 0 Å². The van der Waals surface area contributed by atoms with E-state index in [-0.39, 0.29) is 18.8 Å². The Balaban J connectivity index is 2.76. The molecule has 0 radical (unpaired) electrons. The molecular weight excluding hydrogens is 273 g/mol. The number of hydrogen-bond donors (Lipinski definition) is 2. The van der Waals surface area contributed by atoms with Crippen LogP contribution in [0.15, 0.2) is 18.2 Å². The molecule has 20 heavy (non-hydrogen) atoms. The first kappa shape index (κ1) is 16.3. The molecule has 4 nitrogen and oxygen atoms in total. The van der Waals surface area contributed by atoms with Crippen molar-refractivity contribution >= 4 is 5.69 Å². The molecule has 1 aromatic rings. The van der Waals surface area contributed by atoms with E-state index in [1.54, 1.807) is 6.92 Å². The molecule has 7 heteroatoms. The van der Waals surface area contributed by atoms with E-state index in [1.807, 2.05) is 0 Å². The predicted octanol–water partition coefficient (Wildman–Crippen LogP) is 2.39. The predicted molar refractivity (Wildman–Crippen MR) is 67.1 cm³/mol. The highest BCUT2D eigenvalue weighted by molar-refractivity contribution is 5.53. The van der Waals surface area contributed by atoms with Gasteiger partial charge >= 0.3 is 6.18 Å². The first-order valence-corrected chi connectivity index (χ1v) is 5.99. The summed E-state index contributed by atoms with van der Waals surface area (Å²) in [6, 6.07) is 4.82. The summed E-state index contributed by atoms with van der Waals surface area (Å²) in [5.41, 5.74) is -1.24. The number of benzene rings is 1. The molecule has 0 saturated carbocycles. The average molecular weight is 288 g/mol. The van der Waals surface area contributed by atoms with Crippen LogP contribution < -0.4 is 5.32 Å². The fourth-order valence-corrected chi connectivity index (χ4v) is 1.53. The minimum Gasteiger partial charge on any atom is -0.389 e. The molecule has 1 atom stereocenters. The molecule has 0 aliphatic heterocycles. The van der Waals surface area contributed by atoms with Crippen LogP contribution in [-0.2, 0) is 10.9 Å². The second-order valence-electron chi connectivity index (χ2n) is 4.06. The van der Waals surface area contributed by atoms with Crippen LogP contribution in [-0.4, -0.2) is 31.0 Å². The lowest BCUT2D eigenvalue weighted by Crippen LogP contribution is -2.25. The van der Waals surface area contributed by atoms with Gasteiger partial charge in [0.05, 0.1) is 29.9 Å². The minimum absolute atomic E-state index is 0.0587. The molecule has 110 valence electrons. The third-order valence-electron chi connectivity index (χ3n) is 2.50. The second-order valence-corrected chi connectivity index (χ2v) is 4.06. The first-order chi connectivity index (χ1) is 9.38. The maximum atomic E-state index is 12.7. The van der Waals surface area contributed by atoms with Gasteiger partial charge in [-0.1, -0.05) is 0 Å². The van der Waals surface area contributed by atoms with E-state index in [1.165, 1.54) is 12.1 Å². The fraction of sp³-hybridized carbons (Fsp3) is 0.462. The Morgan fingerprint density at radius 1 is 1.45 bits per heavy atom. The minimum atomic E-state index is -4.59. The topological polar surface area (TPSA) is 65.3 Å². The largest absolute Gasteiger partial charge is 0.417 e. The number of aliphatic hydroxyl groups is 1. The number of anilines is 1. The van der Waals surface area contributed by atoms with Gasteiger partial charge in [0.1, 0.15) is 0 Å². The van der Waals surface area contributed by atoms with E-state index >= 15 is 0 Å². The summed E-state index contributed by atoms with van der Waals surface area (Å²) < 4.78 is 43.2. The van der Waals surface area contributed by atoms with E-state index in [0.29, 0.717) is 6.61 Å². The number of nitrogens with one attached hydrogen (secondary N) is 1. The molecule has 0 aromatic heterocycles. The van der Waals surface area contributed by atoms with Crippen LogP contribution in [0, 0.1) is 11.3 Å². The average Bonchev–Trinajstić information content (AvgIpc) is 2.41. The smallest absolute Gasteiger partial charge is 0.389 e. The van der Waals surface area contributed by atoms with Crippen LogP contribution in [0.3, 0.4) is 0 Å². The monoisotopic (exact) mass is 288 g/mol. The number of ether oxygens (including phenoxy) is 1. The number of aliphatic hydroxyl groups excluding tert-OH is 1. The standard InChI is InChI=1S/C13H15F3N2O2/c1-2-20-8-11(19)7-18-10-4-3-9(6-17)12(5-10)13(14,15)16/h3-5,11,18-19H,2,7-8H2,1H3. The molecule has 1 unspecified atom stereocenters. The molecule has 0 aliphatic rings. The summed E-state index contributed by atoms with van der Waals surface area (Å²) >= 11 is 0. The van der Waals surface area contributed by atoms with Gasteiger partial charge in [-0.2, -0.15) is 18.4 Å². The number of hydrogen-bond acceptors (Lipinski definition) is 4. The molecule has 1 aromatic carbocycles. The van der Waals surface area contributed by atoms with E-state index in [0.717, 1.165) is 12.1 Å². The molecule has 1 rings (SSSR count). The number of alkyl halides is 3. The number of nitriles is 1. The molecule has 0 fully saturated rings. The van der Waals surface area contributed by atoms with Crippen molar-refractivity contribution in [1.82, 2.24) is 0 Å². The Labute approximate surface area is 114 Å². The normalized spacial score (nSPS) is 12.8. The van der Waals surface area contributed by atoms with Gasteiger partial charge in [-0.3, -0.25) is 0 Å². The number of nitrogens with zero attached hydrogens (tertiary/aromatic N) is 1. The van der Waals surface area contributed by atoms with Crippen LogP contribution in [0.4, 0.5) is 18.9 Å². The highest BCUT2D eigenvalue weighted by Crippen LogP contribution is 2.33. The summed E-state index contributed by atoms with van der Waals surface area (Å²) in [4.78, 5) is 0. The maximum Gasteiger partial charge on any atom is 0.417 e. The molecule has 0 amide bonds. The zero-order valence-electron chi connectivity index (χ0n) is 10.9. The lowest BCUT2D eigenvalue weighted by molar-refractivity contribution is -0.137. The highest BCUT2D eigenvalue weighted by Gasteiger charge is 2.33. The Morgan fingerprint density at radius 2 is 2.15 bits per heavy atom. The van der Waals surface area contributed by atoms with Crippen molar-refractivity contribution in [3.63, 3.8) is 0 Å². The van der Waals surface area contributed by atoms with Crippen LogP contribution in [0.2, 0.25) is 0 Å². The lowest BCUT2D eigenvalue weighted by atomic mass is 10.1. The van der Waals surface area contributed by atoms with Crippen molar-refractivity contribution in [3.05, 3.63) is 29.3 Å². The van der Waals surface area contributed by atoms with Gasteiger partial charge < -0.3 is 15.2 Å². The van der Waals surface area contributed by atoms with Crippen LogP contribution in [0.5, 0.6) is 0 Å². The SMILES string of the molecule is CCOCC(O)CNc1ccc(C#N)c(C(F)(F)F)c1. The molecule has 0 bridgehead atoms. The summed E-state index contributed by atoms with van der Waals surface area (Å²) in [6.45, 7) is 2.39. The van der Waals surface area contributed by atoms with Gasteiger partial charge in [0.2, 0.25) is 0 Å². The highest BCUT2D eigenvalue weighted by atomic mass is 19.4. The van der Waals surface area contributed by atoms with Gasteiger partial charge in [0.15, 0.2) is 0 Å². The molecule has 0 aliphatic carbocycles. The third kappa shape index (κ3) is 4.72. The van der Waals surface area contributed by atoms with Gasteiger partial charge in [0.25, 0.3) is 0 Å². The Hall–Kier alpha value is -1.78. The van der Waals surface area contributed by atoms with Gasteiger partial charge in [-0.15, -0.1) is 0 Å². The molecule has 0 spiro atoms. The lowest BCUT2D eigenvalue weighted by Gasteiger charge is -2.15. The third-order valence-corrected chi connectivity index (χ3v) is 2.50. The van der Waals surface area contributed by atoms with E-state index in [2.05, 4.69) is 5.32 Å². The summed E-state index contributed by atoms with van der Waals surface area (Å²) in [6.07, 6.45) is -5.41. The van der Waals surface area contributed by atoms with E-state index in [4.69, 9.17) is 10.00 Å². The number of rotatable bonds is 6. The van der Waals surface area contributed by atoms with Crippen LogP contribution in [0.25, 0.3) is 0 Å². The quantitative estimate of drug-likeness (QED) is 0.843. The Kier molecular flexibility index (Phi) is 5.80. The Morgan fingerprint density at radius 3 is 2.70 bits per heavy atom. The zero-order valence-corrected chi connectivity index (χ0v) is 10.9. The van der Waals surface area contributed by atoms with Gasteiger partial charge in [0, 0.05) is 18.8 Å². The van der Waals surface area contributed by atoms with Crippen LogP contribution in [0.1, 0.15) is 18.1 Å². The van der Waals surface area contributed by atoms with E-state index < -0.39 is 23.4 Å². The summed E-state index contributed by atoms with van der Waals surface area (Å²) in [5.74, 6) is 0. The van der Waals surface area contributed by atoms with E-state index in [9.17, 15) is 18.3 Å². The second kappa shape index (κ2) is 7.12. The van der Waals surface area contributed by atoms with Crippen molar-refractivity contribution in [2.75, 3.05) is 25.1 Å². The summed E-state index contributed by atoms with van der Waals surface area (Å²) in [7, 11) is 0. The van der Waals surface area contributed by atoms with Crippen molar-refractivity contribution in [1.29, 1.82) is 5.26 Å². The number of halogens is 3.